The molecule has 0 aromatic heterocycles. The van der Waals surface area contributed by atoms with Gasteiger partial charge in [0.1, 0.15) is 0 Å². The Morgan fingerprint density at radius 1 is 1.03 bits per heavy atom. The summed E-state index contributed by atoms with van der Waals surface area (Å²) in [6, 6.07) is 16.2. The number of nitrogens with zero attached hydrogens (tertiary/aromatic N) is 1. The molecule has 1 heterocycles. The monoisotopic (exact) mass is 415 g/mol. The first kappa shape index (κ1) is 21.5. The molecule has 6 heteroatoms. The Labute approximate surface area is 176 Å². The number of hydrogen-bond acceptors (Lipinski definition) is 4. The van der Waals surface area contributed by atoms with Crippen LogP contribution in [0.2, 0.25) is 0 Å². The second-order valence-corrected chi connectivity index (χ2v) is 8.90. The summed E-state index contributed by atoms with van der Waals surface area (Å²) in [4.78, 5) is 12.3. The number of thiol groups is 1. The summed E-state index contributed by atoms with van der Waals surface area (Å²) < 4.78 is 20.0. The number of anilines is 1. The third-order valence-corrected chi connectivity index (χ3v) is 6.86. The van der Waals surface area contributed by atoms with E-state index in [2.05, 4.69) is 17.4 Å². The maximum absolute atomic E-state index is 13.1. The van der Waals surface area contributed by atoms with Crippen LogP contribution in [0.15, 0.2) is 53.4 Å². The largest absolute Gasteiger partial charge is 0.466 e. The fourth-order valence-electron chi connectivity index (χ4n) is 3.81. The average Bonchev–Trinajstić information content (AvgIpc) is 2.83. The number of carbonyl (C=O) groups excluding carboxylic acids is 1. The zero-order valence-corrected chi connectivity index (χ0v) is 18.2. The van der Waals surface area contributed by atoms with E-state index in [0.29, 0.717) is 13.0 Å². The number of esters is 1. The molecule has 1 N–H and O–H groups in total. The summed E-state index contributed by atoms with van der Waals surface area (Å²) in [5.41, 5.74) is 3.26. The molecule has 2 atom stereocenters. The van der Waals surface area contributed by atoms with Crippen LogP contribution in [0.1, 0.15) is 56.2 Å². The van der Waals surface area contributed by atoms with E-state index < -0.39 is 11.0 Å². The number of hydrogen-bond donors (Lipinski definition) is 1. The highest BCUT2D eigenvalue weighted by atomic mass is 32.2. The third-order valence-electron chi connectivity index (χ3n) is 5.28. The van der Waals surface area contributed by atoms with Gasteiger partial charge in [-0.3, -0.25) is 4.79 Å². The van der Waals surface area contributed by atoms with Gasteiger partial charge in [-0.1, -0.05) is 53.4 Å². The number of carbonyl (C=O) groups is 1. The number of benzene rings is 2. The minimum atomic E-state index is -1.65. The first-order valence-corrected chi connectivity index (χ1v) is 11.6. The van der Waals surface area contributed by atoms with Crippen LogP contribution < -0.4 is 9.62 Å². The lowest BCUT2D eigenvalue weighted by molar-refractivity contribution is -0.143. The minimum Gasteiger partial charge on any atom is -0.466 e. The fraction of sp³-hybridized carbons (Fsp3) is 0.435. The molecule has 0 fully saturated rings. The number of unbranched alkanes of at least 4 members (excludes halogenated alkanes) is 3. The fourth-order valence-corrected chi connectivity index (χ4v) is 5.15. The lowest BCUT2D eigenvalue weighted by Gasteiger charge is -2.20. The van der Waals surface area contributed by atoms with Gasteiger partial charge in [-0.05, 0) is 38.4 Å². The summed E-state index contributed by atoms with van der Waals surface area (Å²) in [5, 5.41) is 3.69. The van der Waals surface area contributed by atoms with E-state index in [1.54, 1.807) is 0 Å². The SMILES string of the molecule is CCOC(=O)CCCCCCNC1c2ccccc2N(C)[SH+](=O)c2ccccc21. The van der Waals surface area contributed by atoms with Crippen molar-refractivity contribution in [2.75, 3.05) is 24.5 Å². The van der Waals surface area contributed by atoms with Gasteiger partial charge >= 0.3 is 5.97 Å². The third kappa shape index (κ3) is 5.25. The number of rotatable bonds is 9. The van der Waals surface area contributed by atoms with Crippen molar-refractivity contribution in [2.24, 2.45) is 0 Å². The second kappa shape index (κ2) is 10.6. The van der Waals surface area contributed by atoms with Crippen molar-refractivity contribution < 1.29 is 13.7 Å². The molecule has 2 aromatic rings. The number of para-hydroxylation sites is 1. The highest BCUT2D eigenvalue weighted by Crippen LogP contribution is 2.38. The Morgan fingerprint density at radius 2 is 1.72 bits per heavy atom. The molecule has 0 aliphatic carbocycles. The molecule has 0 saturated carbocycles. The molecule has 1 aliphatic rings. The van der Waals surface area contributed by atoms with Crippen LogP contribution in [0.3, 0.4) is 0 Å². The normalized spacial score (nSPS) is 17.9. The van der Waals surface area contributed by atoms with Crippen molar-refractivity contribution in [3.8, 4) is 0 Å². The quantitative estimate of drug-likeness (QED) is 0.287. The van der Waals surface area contributed by atoms with Crippen molar-refractivity contribution in [3.05, 3.63) is 59.7 Å². The van der Waals surface area contributed by atoms with Crippen LogP contribution in [-0.4, -0.2) is 26.2 Å². The molecule has 1 aliphatic heterocycles. The van der Waals surface area contributed by atoms with E-state index in [1.165, 1.54) is 0 Å². The Kier molecular flexibility index (Phi) is 7.83. The van der Waals surface area contributed by atoms with E-state index in [-0.39, 0.29) is 12.0 Å². The van der Waals surface area contributed by atoms with Gasteiger partial charge in [0.25, 0.3) is 0 Å². The Morgan fingerprint density at radius 3 is 2.52 bits per heavy atom. The second-order valence-electron chi connectivity index (χ2n) is 7.27. The van der Waals surface area contributed by atoms with Gasteiger partial charge in [0, 0.05) is 17.5 Å². The van der Waals surface area contributed by atoms with E-state index >= 15 is 0 Å². The lowest BCUT2D eigenvalue weighted by Crippen LogP contribution is -2.24. The number of ether oxygens (including phenoxy) is 1. The van der Waals surface area contributed by atoms with Gasteiger partial charge < -0.3 is 10.1 Å². The maximum atomic E-state index is 13.1. The highest BCUT2D eigenvalue weighted by Gasteiger charge is 2.33. The van der Waals surface area contributed by atoms with Gasteiger partial charge in [-0.25, -0.2) is 0 Å². The number of fused-ring (bicyclic) bond motifs is 2. The molecule has 3 rings (SSSR count). The van der Waals surface area contributed by atoms with Crippen molar-refractivity contribution >= 4 is 22.6 Å². The van der Waals surface area contributed by atoms with E-state index in [0.717, 1.165) is 53.9 Å². The van der Waals surface area contributed by atoms with Gasteiger partial charge in [0.15, 0.2) is 15.9 Å². The molecule has 5 nitrogen and oxygen atoms in total. The maximum Gasteiger partial charge on any atom is 0.305 e. The minimum absolute atomic E-state index is 0.0193. The van der Waals surface area contributed by atoms with Crippen LogP contribution in [0.25, 0.3) is 0 Å². The van der Waals surface area contributed by atoms with E-state index in [1.807, 2.05) is 54.7 Å². The van der Waals surface area contributed by atoms with Crippen molar-refractivity contribution in [3.63, 3.8) is 0 Å². The molecular formula is C23H31N2O3S+. The molecule has 0 spiro atoms. The van der Waals surface area contributed by atoms with Crippen molar-refractivity contribution in [1.82, 2.24) is 5.32 Å². The predicted octanol–water partition coefficient (Wildman–Crippen LogP) is 4.30. The molecule has 0 radical (unpaired) electrons. The summed E-state index contributed by atoms with van der Waals surface area (Å²) in [6.07, 6.45) is 4.50. The van der Waals surface area contributed by atoms with Crippen LogP contribution >= 0.6 is 0 Å². The standard InChI is InChI=1S/C23H30N2O3S/c1-3-28-22(26)16-6-4-5-11-17-24-23-18-12-7-9-14-20(18)25(2)29(27)21-15-10-8-13-19(21)23/h7-10,12-15,23-24H,3-6,11,16-17H2,1-2H3/p+1. The number of nitrogens with one attached hydrogen (secondary N) is 1. The summed E-state index contributed by atoms with van der Waals surface area (Å²) >= 11 is 0. The highest BCUT2D eigenvalue weighted by molar-refractivity contribution is 7.86. The molecule has 0 saturated heterocycles. The molecule has 0 bridgehead atoms. The van der Waals surface area contributed by atoms with Gasteiger partial charge in [-0.15, -0.1) is 0 Å². The first-order chi connectivity index (χ1) is 14.1. The predicted molar refractivity (Wildman–Crippen MR) is 119 cm³/mol. The first-order valence-electron chi connectivity index (χ1n) is 10.4. The smallest absolute Gasteiger partial charge is 0.305 e. The summed E-state index contributed by atoms with van der Waals surface area (Å²) in [5.74, 6) is -0.101. The van der Waals surface area contributed by atoms with Crippen LogP contribution in [0.4, 0.5) is 5.69 Å². The van der Waals surface area contributed by atoms with Gasteiger partial charge in [0.05, 0.1) is 25.4 Å². The van der Waals surface area contributed by atoms with E-state index in [9.17, 15) is 9.00 Å². The molecule has 2 aromatic carbocycles. The van der Waals surface area contributed by atoms with Gasteiger partial charge in [0.2, 0.25) is 0 Å². The van der Waals surface area contributed by atoms with Crippen molar-refractivity contribution in [1.29, 1.82) is 0 Å². The van der Waals surface area contributed by atoms with Gasteiger partial charge in [-0.2, -0.15) is 4.31 Å². The van der Waals surface area contributed by atoms with Crippen molar-refractivity contribution in [2.45, 2.75) is 50.0 Å². The molecule has 29 heavy (non-hydrogen) atoms. The lowest BCUT2D eigenvalue weighted by atomic mass is 9.96. The van der Waals surface area contributed by atoms with E-state index in [4.69, 9.17) is 4.74 Å². The van der Waals surface area contributed by atoms with Crippen LogP contribution in [-0.2, 0) is 24.7 Å². The molecular weight excluding hydrogens is 384 g/mol. The van der Waals surface area contributed by atoms with Crippen LogP contribution in [0.5, 0.6) is 0 Å². The molecule has 2 unspecified atom stereocenters. The average molecular weight is 416 g/mol. The topological polar surface area (TPSA) is 58.6 Å². The molecule has 0 amide bonds. The summed E-state index contributed by atoms with van der Waals surface area (Å²) in [7, 11) is 0.258. The Hall–Kier alpha value is -2.18. The Balaban J connectivity index is 1.63. The Bertz CT molecular complexity index is 856. The summed E-state index contributed by atoms with van der Waals surface area (Å²) in [6.45, 7) is 3.16. The zero-order chi connectivity index (χ0) is 20.6. The van der Waals surface area contributed by atoms with Crippen LogP contribution in [0, 0.1) is 0 Å². The zero-order valence-electron chi connectivity index (χ0n) is 17.3. The molecule has 156 valence electrons.